The quantitative estimate of drug-likeness (QED) is 0.0113. The second kappa shape index (κ2) is 39.1. The fraction of sp³-hybridized carbons (Fsp3) is 0.659. The highest BCUT2D eigenvalue weighted by Gasteiger charge is 2.28. The van der Waals surface area contributed by atoms with Gasteiger partial charge in [-0.25, -0.2) is 9.13 Å². The highest BCUT2D eigenvalue weighted by Crippen LogP contribution is 2.43. The van der Waals surface area contributed by atoms with Crippen molar-refractivity contribution in [3.63, 3.8) is 0 Å². The Morgan fingerprint density at radius 3 is 1.63 bits per heavy atom. The van der Waals surface area contributed by atoms with E-state index >= 15 is 0 Å². The number of ketones is 1. The van der Waals surface area contributed by atoms with Gasteiger partial charge in [0, 0.05) is 19.3 Å². The van der Waals surface area contributed by atoms with Gasteiger partial charge in [-0.2, -0.15) is 0 Å². The number of allylic oxidation sites excluding steroid dienone is 12. The molecule has 0 bridgehead atoms. The lowest BCUT2D eigenvalue weighted by molar-refractivity contribution is -0.161. The van der Waals surface area contributed by atoms with Crippen molar-refractivity contribution in [3.05, 3.63) is 72.9 Å². The number of carbonyl (C=O) groups excluding carboxylic acids is 3. The molecule has 0 aromatic carbocycles. The molecule has 0 aliphatic heterocycles. The Labute approximate surface area is 359 Å². The van der Waals surface area contributed by atoms with Crippen LogP contribution in [0, 0.1) is 0 Å². The molecule has 16 heteroatoms. The number of aliphatic hydroxyl groups excluding tert-OH is 1. The van der Waals surface area contributed by atoms with Crippen LogP contribution in [0.1, 0.15) is 149 Å². The predicted molar refractivity (Wildman–Crippen MR) is 235 cm³/mol. The minimum absolute atomic E-state index is 0.0326. The van der Waals surface area contributed by atoms with E-state index in [-0.39, 0.29) is 18.6 Å². The molecule has 1 unspecified atom stereocenters. The number of ether oxygens (including phenoxy) is 2. The van der Waals surface area contributed by atoms with Gasteiger partial charge in [0.05, 0.1) is 19.8 Å². The zero-order chi connectivity index (χ0) is 44.6. The summed E-state index contributed by atoms with van der Waals surface area (Å²) in [6.07, 6.45) is 38.7. The molecule has 0 heterocycles. The average molecular weight is 889 g/mol. The van der Waals surface area contributed by atoms with Gasteiger partial charge in [-0.1, -0.05) is 126 Å². The average Bonchev–Trinajstić information content (AvgIpc) is 3.20. The first-order chi connectivity index (χ1) is 28.8. The van der Waals surface area contributed by atoms with Crippen LogP contribution >= 0.6 is 15.6 Å². The van der Waals surface area contributed by atoms with Crippen LogP contribution in [0.25, 0.3) is 0 Å². The summed E-state index contributed by atoms with van der Waals surface area (Å²) < 4.78 is 47.6. The lowest BCUT2D eigenvalue weighted by Crippen LogP contribution is -2.30. The largest absolute Gasteiger partial charge is 0.472 e. The lowest BCUT2D eigenvalue weighted by atomic mass is 10.1. The second-order valence-corrected chi connectivity index (χ2v) is 17.0. The van der Waals surface area contributed by atoms with Crippen molar-refractivity contribution in [1.82, 2.24) is 0 Å². The summed E-state index contributed by atoms with van der Waals surface area (Å²) in [5, 5.41) is 9.74. The number of phosphoric acid groups is 2. The summed E-state index contributed by atoms with van der Waals surface area (Å²) in [7, 11) is -9.74. The lowest BCUT2D eigenvalue weighted by Gasteiger charge is -2.20. The van der Waals surface area contributed by atoms with E-state index in [1.54, 1.807) is 12.2 Å². The van der Waals surface area contributed by atoms with Crippen LogP contribution in [-0.4, -0.2) is 76.1 Å². The Morgan fingerprint density at radius 1 is 0.533 bits per heavy atom. The van der Waals surface area contributed by atoms with Crippen LogP contribution < -0.4 is 0 Å². The molecule has 0 fully saturated rings. The molecular weight excluding hydrogens is 814 g/mol. The number of aliphatic hydroxyl groups is 1. The molecule has 0 radical (unpaired) electrons. The number of carbonyl (C=O) groups is 3. The van der Waals surface area contributed by atoms with E-state index in [0.29, 0.717) is 32.1 Å². The van der Waals surface area contributed by atoms with E-state index in [4.69, 9.17) is 23.8 Å². The molecule has 4 N–H and O–H groups in total. The Kier molecular flexibility index (Phi) is 37.3. The molecule has 344 valence electrons. The van der Waals surface area contributed by atoms with Gasteiger partial charge < -0.3 is 29.3 Å². The molecule has 0 aromatic heterocycles. The van der Waals surface area contributed by atoms with E-state index < -0.39 is 66.2 Å². The first-order valence-corrected chi connectivity index (χ1v) is 24.6. The fourth-order valence-corrected chi connectivity index (χ4v) is 6.36. The van der Waals surface area contributed by atoms with Crippen molar-refractivity contribution < 1.29 is 66.3 Å². The molecule has 60 heavy (non-hydrogen) atoms. The van der Waals surface area contributed by atoms with Crippen LogP contribution in [0.4, 0.5) is 0 Å². The minimum Gasteiger partial charge on any atom is -0.462 e. The molecule has 0 saturated heterocycles. The number of esters is 2. The molecule has 0 aromatic rings. The van der Waals surface area contributed by atoms with Gasteiger partial charge in [-0.15, -0.1) is 0 Å². The topological polar surface area (TPSA) is 212 Å². The number of hydrogen-bond donors (Lipinski definition) is 4. The molecule has 0 aliphatic rings. The van der Waals surface area contributed by atoms with E-state index in [2.05, 4.69) is 65.4 Å². The molecule has 0 amide bonds. The van der Waals surface area contributed by atoms with Gasteiger partial charge in [0.2, 0.25) is 0 Å². The minimum atomic E-state index is -4.88. The molecule has 14 nitrogen and oxygen atoms in total. The molecule has 0 rings (SSSR count). The molecule has 0 saturated carbocycles. The highest BCUT2D eigenvalue weighted by molar-refractivity contribution is 7.47. The van der Waals surface area contributed by atoms with Crippen LogP contribution in [0.15, 0.2) is 72.9 Å². The number of rotatable bonds is 40. The maximum Gasteiger partial charge on any atom is 0.472 e. The van der Waals surface area contributed by atoms with Crippen LogP contribution in [0.2, 0.25) is 0 Å². The summed E-state index contributed by atoms with van der Waals surface area (Å²) in [6, 6.07) is 0. The van der Waals surface area contributed by atoms with Gasteiger partial charge >= 0.3 is 27.6 Å². The SMILES string of the molecule is CCCCC/C=C\C=C\C(=O)CCCCCCCC(=O)O[C@H](COC(=O)CCC/C=C\C/C=C\C/C=C\C/C=C\CCCCC)COP(=O)(O)OC[C@@H](O)COP(=O)(O)O. The predicted octanol–water partition coefficient (Wildman–Crippen LogP) is 10.2. The zero-order valence-corrected chi connectivity index (χ0v) is 37.8. The van der Waals surface area contributed by atoms with Crippen LogP contribution in [-0.2, 0) is 46.6 Å². The standard InChI is InChI=1S/C44H74O14P2/c1-3-5-7-9-11-12-13-14-15-16-17-18-19-20-22-26-30-34-43(47)54-38-42(39-57-60(52,53)56-37-41(46)36-55-59(49,50)51)58-44(48)35-31-27-23-25-29-33-40(45)32-28-24-21-10-8-6-4-2/h11-12,14-15,17-18,20-22,24,28,32,41-42,46H,3-10,13,16,19,23,25-27,29-31,33-39H2,1-2H3,(H,52,53)(H2,49,50,51)/b12-11-,15-14-,18-17-,22-20-,24-21-,32-28+/t41-,42+/m0/s1. The van der Waals surface area contributed by atoms with E-state index in [0.717, 1.165) is 57.8 Å². The summed E-state index contributed by atoms with van der Waals surface area (Å²) in [5.41, 5.74) is 0. The normalized spacial score (nSPS) is 14.6. The molecular formula is C44H74O14P2. The summed E-state index contributed by atoms with van der Waals surface area (Å²) in [5.74, 6) is -1.13. The zero-order valence-electron chi connectivity index (χ0n) is 36.0. The third kappa shape index (κ3) is 41.9. The number of phosphoric ester groups is 2. The summed E-state index contributed by atoms with van der Waals surface area (Å²) >= 11 is 0. The third-order valence-corrected chi connectivity index (χ3v) is 9.97. The Morgan fingerprint density at radius 2 is 1.03 bits per heavy atom. The van der Waals surface area contributed by atoms with Crippen molar-refractivity contribution in [2.45, 2.75) is 161 Å². The van der Waals surface area contributed by atoms with Crippen molar-refractivity contribution in [2.24, 2.45) is 0 Å². The summed E-state index contributed by atoms with van der Waals surface area (Å²) in [6.45, 7) is 1.47. The monoisotopic (exact) mass is 888 g/mol. The summed E-state index contributed by atoms with van der Waals surface area (Å²) in [4.78, 5) is 64.7. The molecule has 0 spiro atoms. The van der Waals surface area contributed by atoms with Crippen molar-refractivity contribution >= 4 is 33.4 Å². The fourth-order valence-electron chi connectivity index (χ4n) is 5.20. The van der Waals surface area contributed by atoms with E-state index in [1.807, 2.05) is 18.2 Å². The smallest absolute Gasteiger partial charge is 0.462 e. The Hall–Kier alpha value is -2.77. The maximum atomic E-state index is 12.6. The van der Waals surface area contributed by atoms with Crippen molar-refractivity contribution in [3.8, 4) is 0 Å². The maximum absolute atomic E-state index is 12.6. The number of unbranched alkanes of at least 4 members (excludes halogenated alkanes) is 11. The number of hydrogen-bond acceptors (Lipinski definition) is 11. The second-order valence-electron chi connectivity index (χ2n) is 14.3. The molecule has 3 atom stereocenters. The van der Waals surface area contributed by atoms with Gasteiger partial charge in [-0.3, -0.25) is 28.0 Å². The van der Waals surface area contributed by atoms with E-state index in [9.17, 15) is 33.5 Å². The van der Waals surface area contributed by atoms with Crippen molar-refractivity contribution in [1.29, 1.82) is 0 Å². The first-order valence-electron chi connectivity index (χ1n) is 21.6. The third-order valence-electron chi connectivity index (χ3n) is 8.53. The van der Waals surface area contributed by atoms with Gasteiger partial charge in [-0.05, 0) is 76.7 Å². The Balaban J connectivity index is 4.71. The van der Waals surface area contributed by atoms with Gasteiger partial charge in [0.25, 0.3) is 0 Å². The van der Waals surface area contributed by atoms with Crippen molar-refractivity contribution in [2.75, 3.05) is 26.4 Å². The van der Waals surface area contributed by atoms with Crippen LogP contribution in [0.3, 0.4) is 0 Å². The molecule has 0 aliphatic carbocycles. The first kappa shape index (κ1) is 57.2. The van der Waals surface area contributed by atoms with Crippen LogP contribution in [0.5, 0.6) is 0 Å². The van der Waals surface area contributed by atoms with E-state index in [1.165, 1.54) is 32.1 Å². The highest BCUT2D eigenvalue weighted by atomic mass is 31.2. The van der Waals surface area contributed by atoms with Gasteiger partial charge in [0.1, 0.15) is 12.7 Å². The van der Waals surface area contributed by atoms with Gasteiger partial charge in [0.15, 0.2) is 11.9 Å². The Bertz CT molecular complexity index is 1400.